The maximum Gasteiger partial charge on any atom is 0.260 e. The first-order valence-electron chi connectivity index (χ1n) is 11.0. The monoisotopic (exact) mass is 438 g/mol. The molecule has 5 heteroatoms. The molecule has 2 aromatic heterocycles. The van der Waals surface area contributed by atoms with E-state index in [0.29, 0.717) is 12.4 Å². The molecule has 0 atom stereocenters. The molecule has 2 heterocycles. The second kappa shape index (κ2) is 7.92. The fourth-order valence-electron chi connectivity index (χ4n) is 4.63. The van der Waals surface area contributed by atoms with Crippen molar-refractivity contribution >= 4 is 32.3 Å². The molecule has 0 unspecified atom stereocenters. The number of aryl methyl sites for hydroxylation is 2. The van der Waals surface area contributed by atoms with E-state index in [4.69, 9.17) is 9.72 Å². The third kappa shape index (κ3) is 3.30. The Morgan fingerprint density at radius 1 is 0.938 bits per heavy atom. The molecule has 0 saturated carbocycles. The second-order valence-corrected chi connectivity index (χ2v) is 9.32. The van der Waals surface area contributed by atoms with Gasteiger partial charge in [0.1, 0.15) is 23.0 Å². The van der Waals surface area contributed by atoms with Gasteiger partial charge in [-0.15, -0.1) is 11.3 Å². The average Bonchev–Trinajstić information content (AvgIpc) is 3.22. The number of benzene rings is 3. The van der Waals surface area contributed by atoms with Crippen molar-refractivity contribution in [2.75, 3.05) is 0 Å². The highest BCUT2D eigenvalue weighted by molar-refractivity contribution is 7.18. The number of rotatable bonds is 4. The van der Waals surface area contributed by atoms with Crippen LogP contribution in [0.15, 0.2) is 71.5 Å². The molecule has 1 N–H and O–H groups in total. The van der Waals surface area contributed by atoms with E-state index in [1.807, 2.05) is 48.5 Å². The molecular formula is C27H22N2O2S. The summed E-state index contributed by atoms with van der Waals surface area (Å²) in [5.41, 5.74) is 3.08. The lowest BCUT2D eigenvalue weighted by Gasteiger charge is -2.14. The number of thiophene rings is 1. The van der Waals surface area contributed by atoms with Gasteiger partial charge >= 0.3 is 0 Å². The summed E-state index contributed by atoms with van der Waals surface area (Å²) in [5, 5.41) is 2.88. The molecule has 0 fully saturated rings. The van der Waals surface area contributed by atoms with Gasteiger partial charge in [0, 0.05) is 4.88 Å². The number of ether oxygens (including phenoxy) is 1. The van der Waals surface area contributed by atoms with Crippen molar-refractivity contribution in [3.05, 3.63) is 93.1 Å². The fourth-order valence-corrected chi connectivity index (χ4v) is 5.90. The fraction of sp³-hybridized carbons (Fsp3) is 0.185. The molecule has 1 aliphatic rings. The van der Waals surface area contributed by atoms with Crippen LogP contribution in [0.3, 0.4) is 0 Å². The molecule has 1 aliphatic carbocycles. The maximum atomic E-state index is 13.2. The minimum absolute atomic E-state index is 0.0497. The van der Waals surface area contributed by atoms with E-state index in [1.54, 1.807) is 11.3 Å². The number of H-pyrrole nitrogens is 1. The Balaban J connectivity index is 1.53. The van der Waals surface area contributed by atoms with Crippen LogP contribution in [-0.4, -0.2) is 9.97 Å². The Labute approximate surface area is 189 Å². The molecule has 0 saturated heterocycles. The molecule has 0 bridgehead atoms. The number of fused-ring (bicyclic) bond motifs is 4. The topological polar surface area (TPSA) is 55.0 Å². The first-order valence-corrected chi connectivity index (χ1v) is 11.8. The zero-order valence-electron chi connectivity index (χ0n) is 17.6. The van der Waals surface area contributed by atoms with Crippen molar-refractivity contribution in [2.45, 2.75) is 32.3 Å². The number of aromatic amines is 1. The zero-order valence-corrected chi connectivity index (χ0v) is 18.4. The molecule has 0 aliphatic heterocycles. The molecule has 32 heavy (non-hydrogen) atoms. The molecule has 158 valence electrons. The van der Waals surface area contributed by atoms with Crippen LogP contribution in [0.2, 0.25) is 0 Å². The van der Waals surface area contributed by atoms with Gasteiger partial charge in [-0.25, -0.2) is 4.98 Å². The van der Waals surface area contributed by atoms with Gasteiger partial charge in [-0.3, -0.25) is 4.79 Å². The Morgan fingerprint density at radius 3 is 2.66 bits per heavy atom. The van der Waals surface area contributed by atoms with Crippen LogP contribution in [0.25, 0.3) is 32.4 Å². The zero-order chi connectivity index (χ0) is 21.5. The largest absolute Gasteiger partial charge is 0.488 e. The molecule has 4 nitrogen and oxygen atoms in total. The summed E-state index contributed by atoms with van der Waals surface area (Å²) >= 11 is 1.67. The summed E-state index contributed by atoms with van der Waals surface area (Å²) in [6.45, 7) is 0.450. The van der Waals surface area contributed by atoms with Crippen molar-refractivity contribution < 1.29 is 4.74 Å². The van der Waals surface area contributed by atoms with E-state index >= 15 is 0 Å². The van der Waals surface area contributed by atoms with E-state index in [0.717, 1.165) is 57.1 Å². The minimum atomic E-state index is -0.0497. The third-order valence-electron chi connectivity index (χ3n) is 6.19. The standard InChI is InChI=1S/C27H22N2O2S/c30-26-24-20-12-6-7-13-22(20)32-27(24)29-25(28-26)23-19-11-5-4-10-18(19)14-15-21(23)31-16-17-8-2-1-3-9-17/h1-5,8-11,14-15H,6-7,12-13,16H2,(H,28,29,30). The second-order valence-electron chi connectivity index (χ2n) is 8.24. The van der Waals surface area contributed by atoms with E-state index in [9.17, 15) is 4.79 Å². The van der Waals surface area contributed by atoms with Crippen LogP contribution in [0.5, 0.6) is 5.75 Å². The summed E-state index contributed by atoms with van der Waals surface area (Å²) in [4.78, 5) is 23.4. The first kappa shape index (κ1) is 19.3. The summed E-state index contributed by atoms with van der Waals surface area (Å²) < 4.78 is 6.26. The van der Waals surface area contributed by atoms with Crippen molar-refractivity contribution in [1.82, 2.24) is 9.97 Å². The van der Waals surface area contributed by atoms with E-state index in [1.165, 1.54) is 16.9 Å². The molecule has 5 aromatic rings. The molecule has 0 radical (unpaired) electrons. The number of aromatic nitrogens is 2. The van der Waals surface area contributed by atoms with Gasteiger partial charge in [-0.05, 0) is 53.6 Å². The lowest BCUT2D eigenvalue weighted by Crippen LogP contribution is -2.11. The van der Waals surface area contributed by atoms with E-state index in [-0.39, 0.29) is 5.56 Å². The van der Waals surface area contributed by atoms with Crippen LogP contribution >= 0.6 is 11.3 Å². The van der Waals surface area contributed by atoms with Crippen molar-refractivity contribution in [1.29, 1.82) is 0 Å². The number of nitrogens with zero attached hydrogens (tertiary/aromatic N) is 1. The van der Waals surface area contributed by atoms with Crippen molar-refractivity contribution in [3.8, 4) is 17.1 Å². The third-order valence-corrected chi connectivity index (χ3v) is 7.38. The smallest absolute Gasteiger partial charge is 0.260 e. The van der Waals surface area contributed by atoms with Gasteiger partial charge in [-0.2, -0.15) is 0 Å². The molecule has 3 aromatic carbocycles. The van der Waals surface area contributed by atoms with Gasteiger partial charge in [0.15, 0.2) is 0 Å². The molecule has 0 amide bonds. The summed E-state index contributed by atoms with van der Waals surface area (Å²) in [6.07, 6.45) is 4.34. The van der Waals surface area contributed by atoms with Gasteiger partial charge in [0.25, 0.3) is 5.56 Å². The number of hydrogen-bond acceptors (Lipinski definition) is 4. The Kier molecular flexibility index (Phi) is 4.76. The predicted octanol–water partition coefficient (Wildman–Crippen LogP) is 6.26. The Morgan fingerprint density at radius 2 is 1.75 bits per heavy atom. The highest BCUT2D eigenvalue weighted by Gasteiger charge is 2.22. The van der Waals surface area contributed by atoms with E-state index < -0.39 is 0 Å². The number of nitrogens with one attached hydrogen (secondary N) is 1. The SMILES string of the molecule is O=c1[nH]c(-c2c(OCc3ccccc3)ccc3ccccc23)nc2sc3c(c12)CCCC3. The lowest BCUT2D eigenvalue weighted by molar-refractivity contribution is 0.308. The molecular weight excluding hydrogens is 416 g/mol. The van der Waals surface area contributed by atoms with Crippen molar-refractivity contribution in [3.63, 3.8) is 0 Å². The Bertz CT molecular complexity index is 1500. The Hall–Kier alpha value is -3.44. The minimum Gasteiger partial charge on any atom is -0.488 e. The van der Waals surface area contributed by atoms with Gasteiger partial charge in [-0.1, -0.05) is 60.7 Å². The van der Waals surface area contributed by atoms with Crippen LogP contribution in [0.4, 0.5) is 0 Å². The highest BCUT2D eigenvalue weighted by atomic mass is 32.1. The highest BCUT2D eigenvalue weighted by Crippen LogP contribution is 2.38. The molecule has 0 spiro atoms. The quantitative estimate of drug-likeness (QED) is 0.360. The first-order chi connectivity index (χ1) is 15.8. The van der Waals surface area contributed by atoms with Gasteiger partial charge < -0.3 is 9.72 Å². The predicted molar refractivity (Wildman–Crippen MR) is 131 cm³/mol. The van der Waals surface area contributed by atoms with Gasteiger partial charge in [0.2, 0.25) is 0 Å². The van der Waals surface area contributed by atoms with Crippen LogP contribution in [0, 0.1) is 0 Å². The summed E-state index contributed by atoms with van der Waals surface area (Å²) in [6, 6.07) is 22.3. The normalized spacial score (nSPS) is 13.4. The van der Waals surface area contributed by atoms with Crippen LogP contribution < -0.4 is 10.3 Å². The average molecular weight is 439 g/mol. The maximum absolute atomic E-state index is 13.2. The summed E-state index contributed by atoms with van der Waals surface area (Å²) in [5.74, 6) is 1.29. The summed E-state index contributed by atoms with van der Waals surface area (Å²) in [7, 11) is 0. The van der Waals surface area contributed by atoms with Crippen LogP contribution in [-0.2, 0) is 19.4 Å². The lowest BCUT2D eigenvalue weighted by atomic mass is 9.97. The number of hydrogen-bond donors (Lipinski definition) is 1. The van der Waals surface area contributed by atoms with Crippen molar-refractivity contribution in [2.24, 2.45) is 0 Å². The van der Waals surface area contributed by atoms with E-state index in [2.05, 4.69) is 23.2 Å². The van der Waals surface area contributed by atoms with Crippen LogP contribution in [0.1, 0.15) is 28.8 Å². The van der Waals surface area contributed by atoms with Gasteiger partial charge in [0.05, 0.1) is 10.9 Å². The molecule has 6 rings (SSSR count).